The molecule has 22 heavy (non-hydrogen) atoms. The number of hydrogen-bond donors (Lipinski definition) is 2. The molecule has 1 aliphatic heterocycles. The van der Waals surface area contributed by atoms with E-state index in [9.17, 15) is 9.59 Å². The largest absolute Gasteiger partial charge is 0.374 e. The maximum atomic E-state index is 12.4. The Balaban J connectivity index is 2.02. The SMILES string of the molecule is CC(=O)Nc1ccc(C)cc1NCC(=O)N1CCCCC1C. The molecule has 0 radical (unpaired) electrons. The molecule has 1 unspecified atom stereocenters. The van der Waals surface area contributed by atoms with Gasteiger partial charge in [0.05, 0.1) is 17.9 Å². The Hall–Kier alpha value is -2.04. The third kappa shape index (κ3) is 4.23. The Morgan fingerprint density at radius 2 is 2.05 bits per heavy atom. The molecule has 0 aliphatic carbocycles. The number of carbonyl (C=O) groups is 2. The molecule has 2 rings (SSSR count). The van der Waals surface area contributed by atoms with Gasteiger partial charge < -0.3 is 15.5 Å². The Labute approximate surface area is 132 Å². The van der Waals surface area contributed by atoms with Crippen molar-refractivity contribution in [2.75, 3.05) is 23.7 Å². The fraction of sp³-hybridized carbons (Fsp3) is 0.529. The van der Waals surface area contributed by atoms with Gasteiger partial charge in [0.1, 0.15) is 0 Å². The van der Waals surface area contributed by atoms with Crippen LogP contribution in [0.1, 0.15) is 38.7 Å². The van der Waals surface area contributed by atoms with Crippen molar-refractivity contribution in [2.45, 2.75) is 46.1 Å². The summed E-state index contributed by atoms with van der Waals surface area (Å²) in [7, 11) is 0. The first-order chi connectivity index (χ1) is 10.5. The van der Waals surface area contributed by atoms with E-state index in [1.54, 1.807) is 0 Å². The number of nitrogens with one attached hydrogen (secondary N) is 2. The maximum absolute atomic E-state index is 12.4. The van der Waals surface area contributed by atoms with Crippen LogP contribution in [0.5, 0.6) is 0 Å². The van der Waals surface area contributed by atoms with Gasteiger partial charge in [-0.05, 0) is 50.8 Å². The molecule has 5 nitrogen and oxygen atoms in total. The Morgan fingerprint density at radius 3 is 2.73 bits per heavy atom. The van der Waals surface area contributed by atoms with E-state index in [-0.39, 0.29) is 18.4 Å². The first kappa shape index (κ1) is 16.3. The summed E-state index contributed by atoms with van der Waals surface area (Å²) in [4.78, 5) is 25.6. The van der Waals surface area contributed by atoms with E-state index in [4.69, 9.17) is 0 Å². The van der Waals surface area contributed by atoms with E-state index in [1.165, 1.54) is 13.3 Å². The highest BCUT2D eigenvalue weighted by Crippen LogP contribution is 2.23. The molecule has 2 N–H and O–H groups in total. The summed E-state index contributed by atoms with van der Waals surface area (Å²) in [5, 5.41) is 5.96. The minimum absolute atomic E-state index is 0.113. The lowest BCUT2D eigenvalue weighted by molar-refractivity contribution is -0.132. The molecule has 1 fully saturated rings. The topological polar surface area (TPSA) is 61.4 Å². The summed E-state index contributed by atoms with van der Waals surface area (Å²) < 4.78 is 0. The number of rotatable bonds is 4. The lowest BCUT2D eigenvalue weighted by Crippen LogP contribution is -2.44. The molecule has 0 bridgehead atoms. The van der Waals surface area contributed by atoms with Crippen LogP contribution < -0.4 is 10.6 Å². The lowest BCUT2D eigenvalue weighted by atomic mass is 10.0. The van der Waals surface area contributed by atoms with Gasteiger partial charge in [-0.3, -0.25) is 9.59 Å². The summed E-state index contributed by atoms with van der Waals surface area (Å²) in [6, 6.07) is 6.05. The van der Waals surface area contributed by atoms with Crippen LogP contribution in [-0.4, -0.2) is 35.8 Å². The minimum atomic E-state index is -0.122. The van der Waals surface area contributed by atoms with Crippen molar-refractivity contribution < 1.29 is 9.59 Å². The zero-order chi connectivity index (χ0) is 16.1. The number of nitrogens with zero attached hydrogens (tertiary/aromatic N) is 1. The number of aryl methyl sites for hydroxylation is 1. The fourth-order valence-electron chi connectivity index (χ4n) is 2.84. The number of hydrogen-bond acceptors (Lipinski definition) is 3. The monoisotopic (exact) mass is 303 g/mol. The number of amides is 2. The summed E-state index contributed by atoms with van der Waals surface area (Å²) in [6.45, 7) is 6.66. The third-order valence-corrected chi connectivity index (χ3v) is 4.04. The molecular weight excluding hydrogens is 278 g/mol. The van der Waals surface area contributed by atoms with E-state index in [0.717, 1.165) is 30.6 Å². The van der Waals surface area contributed by atoms with Crippen molar-refractivity contribution in [1.82, 2.24) is 4.90 Å². The number of likely N-dealkylation sites (tertiary alicyclic amines) is 1. The van der Waals surface area contributed by atoms with Gasteiger partial charge in [0.15, 0.2) is 0 Å². The maximum Gasteiger partial charge on any atom is 0.242 e. The van der Waals surface area contributed by atoms with Crippen molar-refractivity contribution in [1.29, 1.82) is 0 Å². The molecule has 0 spiro atoms. The average molecular weight is 303 g/mol. The standard InChI is InChI=1S/C17H25N3O2/c1-12-7-8-15(19-14(3)21)16(10-12)18-11-17(22)20-9-5-4-6-13(20)2/h7-8,10,13,18H,4-6,9,11H2,1-3H3,(H,19,21). The molecule has 1 aliphatic rings. The first-order valence-electron chi connectivity index (χ1n) is 7.89. The summed E-state index contributed by atoms with van der Waals surface area (Å²) >= 11 is 0. The van der Waals surface area contributed by atoms with Crippen LogP contribution in [0.15, 0.2) is 18.2 Å². The third-order valence-electron chi connectivity index (χ3n) is 4.04. The smallest absolute Gasteiger partial charge is 0.242 e. The molecule has 1 aromatic rings. The molecule has 1 heterocycles. The number of benzene rings is 1. The summed E-state index contributed by atoms with van der Waals surface area (Å²) in [5.74, 6) is -0.00892. The summed E-state index contributed by atoms with van der Waals surface area (Å²) in [5.41, 5.74) is 2.57. The zero-order valence-corrected chi connectivity index (χ0v) is 13.6. The second-order valence-corrected chi connectivity index (χ2v) is 6.02. The van der Waals surface area contributed by atoms with Crippen molar-refractivity contribution in [3.8, 4) is 0 Å². The number of piperidine rings is 1. The van der Waals surface area contributed by atoms with E-state index < -0.39 is 0 Å². The highest BCUT2D eigenvalue weighted by molar-refractivity contribution is 5.93. The van der Waals surface area contributed by atoms with Crippen LogP contribution in [0, 0.1) is 6.92 Å². The first-order valence-corrected chi connectivity index (χ1v) is 7.89. The molecule has 1 atom stereocenters. The van der Waals surface area contributed by atoms with E-state index in [0.29, 0.717) is 11.7 Å². The highest BCUT2D eigenvalue weighted by Gasteiger charge is 2.22. The van der Waals surface area contributed by atoms with Gasteiger partial charge in [0.25, 0.3) is 0 Å². The molecule has 1 saturated heterocycles. The van der Waals surface area contributed by atoms with Gasteiger partial charge in [0.2, 0.25) is 11.8 Å². The second-order valence-electron chi connectivity index (χ2n) is 6.02. The molecule has 0 saturated carbocycles. The normalized spacial score (nSPS) is 18.0. The number of anilines is 2. The van der Waals surface area contributed by atoms with Crippen LogP contribution in [-0.2, 0) is 9.59 Å². The molecule has 1 aromatic carbocycles. The van der Waals surface area contributed by atoms with Crippen LogP contribution >= 0.6 is 0 Å². The van der Waals surface area contributed by atoms with Gasteiger partial charge >= 0.3 is 0 Å². The van der Waals surface area contributed by atoms with Crippen molar-refractivity contribution in [3.05, 3.63) is 23.8 Å². The van der Waals surface area contributed by atoms with Gasteiger partial charge in [-0.25, -0.2) is 0 Å². The van der Waals surface area contributed by atoms with Crippen LogP contribution in [0.2, 0.25) is 0 Å². The van der Waals surface area contributed by atoms with E-state index >= 15 is 0 Å². The van der Waals surface area contributed by atoms with Gasteiger partial charge in [-0.2, -0.15) is 0 Å². The van der Waals surface area contributed by atoms with Gasteiger partial charge in [0, 0.05) is 19.5 Å². The Morgan fingerprint density at radius 1 is 1.27 bits per heavy atom. The average Bonchev–Trinajstić information content (AvgIpc) is 2.47. The van der Waals surface area contributed by atoms with E-state index in [1.807, 2.05) is 30.0 Å². The zero-order valence-electron chi connectivity index (χ0n) is 13.6. The highest BCUT2D eigenvalue weighted by atomic mass is 16.2. The van der Waals surface area contributed by atoms with Gasteiger partial charge in [-0.1, -0.05) is 6.07 Å². The molecule has 2 amide bonds. The second kappa shape index (κ2) is 7.29. The molecule has 120 valence electrons. The quantitative estimate of drug-likeness (QED) is 0.899. The Kier molecular flexibility index (Phi) is 5.41. The summed E-state index contributed by atoms with van der Waals surface area (Å²) in [6.07, 6.45) is 3.36. The van der Waals surface area contributed by atoms with Crippen LogP contribution in [0.25, 0.3) is 0 Å². The van der Waals surface area contributed by atoms with Crippen molar-refractivity contribution in [3.63, 3.8) is 0 Å². The Bertz CT molecular complexity index is 557. The minimum Gasteiger partial charge on any atom is -0.374 e. The predicted molar refractivity (Wildman–Crippen MR) is 89.0 cm³/mol. The van der Waals surface area contributed by atoms with E-state index in [2.05, 4.69) is 17.6 Å². The van der Waals surface area contributed by atoms with Crippen molar-refractivity contribution in [2.24, 2.45) is 0 Å². The predicted octanol–water partition coefficient (Wildman–Crippen LogP) is 2.77. The number of carbonyl (C=O) groups excluding carboxylic acids is 2. The van der Waals surface area contributed by atoms with Crippen LogP contribution in [0.3, 0.4) is 0 Å². The molecule has 0 aromatic heterocycles. The van der Waals surface area contributed by atoms with Crippen molar-refractivity contribution >= 4 is 23.2 Å². The van der Waals surface area contributed by atoms with Crippen LogP contribution in [0.4, 0.5) is 11.4 Å². The molecule has 5 heteroatoms. The lowest BCUT2D eigenvalue weighted by Gasteiger charge is -2.33. The molecular formula is C17H25N3O2. The fourth-order valence-corrected chi connectivity index (χ4v) is 2.84. The van der Waals surface area contributed by atoms with Gasteiger partial charge in [-0.15, -0.1) is 0 Å².